The van der Waals surface area contributed by atoms with Gasteiger partial charge in [0.1, 0.15) is 28.8 Å². The predicted octanol–water partition coefficient (Wildman–Crippen LogP) is 5.31. The molecule has 0 amide bonds. The average Bonchev–Trinajstić information content (AvgIpc) is 3.28. The molecule has 0 saturated heterocycles. The third kappa shape index (κ3) is 3.47. The number of hydrogen-bond donors (Lipinski definition) is 0. The molecular weight excluding hydrogens is 400 g/mol. The quantitative estimate of drug-likeness (QED) is 0.418. The second-order valence-electron chi connectivity index (χ2n) is 7.72. The highest BCUT2D eigenvalue weighted by atomic mass is 16.5. The van der Waals surface area contributed by atoms with Gasteiger partial charge in [0.2, 0.25) is 0 Å². The van der Waals surface area contributed by atoms with Crippen molar-refractivity contribution in [3.63, 3.8) is 0 Å². The van der Waals surface area contributed by atoms with Gasteiger partial charge in [-0.05, 0) is 62.4 Å². The lowest BCUT2D eigenvalue weighted by molar-refractivity contribution is 0.414. The van der Waals surface area contributed by atoms with Gasteiger partial charge >= 0.3 is 0 Å². The summed E-state index contributed by atoms with van der Waals surface area (Å²) >= 11 is 0. The van der Waals surface area contributed by atoms with Gasteiger partial charge in [-0.2, -0.15) is 0 Å². The molecule has 2 heterocycles. The van der Waals surface area contributed by atoms with Crippen LogP contribution in [0.3, 0.4) is 0 Å². The molecule has 1 aromatic heterocycles. The second-order valence-corrected chi connectivity index (χ2v) is 7.72. The number of rotatable bonds is 6. The first kappa shape index (κ1) is 20.1. The molecule has 1 aliphatic rings. The number of methoxy groups -OCH3 is 1. The fourth-order valence-electron chi connectivity index (χ4n) is 4.23. The van der Waals surface area contributed by atoms with Gasteiger partial charge in [0.25, 0.3) is 0 Å². The van der Waals surface area contributed by atoms with Crippen molar-refractivity contribution in [1.29, 1.82) is 0 Å². The van der Waals surface area contributed by atoms with E-state index >= 15 is 0 Å². The van der Waals surface area contributed by atoms with Crippen LogP contribution in [0, 0.1) is 0 Å². The zero-order valence-electron chi connectivity index (χ0n) is 18.5. The molecule has 3 aromatic carbocycles. The van der Waals surface area contributed by atoms with Gasteiger partial charge in [0.05, 0.1) is 12.6 Å². The van der Waals surface area contributed by atoms with E-state index in [0.717, 1.165) is 58.2 Å². The first-order valence-electron chi connectivity index (χ1n) is 10.9. The predicted molar refractivity (Wildman–Crippen MR) is 127 cm³/mol. The minimum absolute atomic E-state index is 0.131. The molecule has 0 saturated carbocycles. The molecule has 0 aliphatic carbocycles. The van der Waals surface area contributed by atoms with E-state index in [1.807, 2.05) is 47.1 Å². The van der Waals surface area contributed by atoms with Crippen molar-refractivity contribution in [2.75, 3.05) is 25.1 Å². The number of fused-ring (bicyclic) bond motifs is 2. The highest BCUT2D eigenvalue weighted by Crippen LogP contribution is 2.41. The van der Waals surface area contributed by atoms with Crippen LogP contribution in [0.2, 0.25) is 0 Å². The van der Waals surface area contributed by atoms with E-state index in [4.69, 9.17) is 9.47 Å². The molecule has 6 nitrogen and oxygen atoms in total. The lowest BCUT2D eigenvalue weighted by Gasteiger charge is -2.28. The van der Waals surface area contributed by atoms with Crippen molar-refractivity contribution >= 4 is 22.5 Å². The van der Waals surface area contributed by atoms with Gasteiger partial charge in [-0.25, -0.2) is 4.68 Å². The number of allylic oxidation sites excluding steroid dienone is 1. The van der Waals surface area contributed by atoms with Crippen LogP contribution in [-0.2, 0) is 0 Å². The number of para-hydroxylation sites is 1. The Kier molecular flexibility index (Phi) is 5.27. The monoisotopic (exact) mass is 426 g/mol. The van der Waals surface area contributed by atoms with E-state index in [2.05, 4.69) is 59.4 Å². The highest BCUT2D eigenvalue weighted by molar-refractivity contribution is 5.76. The second kappa shape index (κ2) is 8.38. The molecule has 1 atom stereocenters. The number of aromatic nitrogens is 3. The molecule has 0 spiro atoms. The Bertz CT molecular complexity index is 1270. The van der Waals surface area contributed by atoms with Crippen molar-refractivity contribution in [1.82, 2.24) is 15.0 Å². The van der Waals surface area contributed by atoms with E-state index in [1.54, 1.807) is 7.11 Å². The van der Waals surface area contributed by atoms with Crippen molar-refractivity contribution in [3.05, 3.63) is 83.9 Å². The summed E-state index contributed by atoms with van der Waals surface area (Å²) in [6.45, 7) is 6.20. The first-order valence-corrected chi connectivity index (χ1v) is 10.9. The van der Waals surface area contributed by atoms with Crippen LogP contribution >= 0.6 is 0 Å². The summed E-state index contributed by atoms with van der Waals surface area (Å²) in [5.41, 5.74) is 5.06. The van der Waals surface area contributed by atoms with Gasteiger partial charge < -0.3 is 14.4 Å². The Morgan fingerprint density at radius 2 is 1.78 bits per heavy atom. The number of hydrogen-bond acceptors (Lipinski definition) is 5. The molecule has 1 aliphatic heterocycles. The topological polar surface area (TPSA) is 52.4 Å². The van der Waals surface area contributed by atoms with Crippen molar-refractivity contribution < 1.29 is 9.47 Å². The van der Waals surface area contributed by atoms with Gasteiger partial charge in [-0.3, -0.25) is 0 Å². The van der Waals surface area contributed by atoms with Crippen molar-refractivity contribution in [2.45, 2.75) is 19.9 Å². The lowest BCUT2D eigenvalue weighted by Crippen LogP contribution is -2.22. The zero-order valence-corrected chi connectivity index (χ0v) is 18.5. The lowest BCUT2D eigenvalue weighted by atomic mass is 9.99. The highest BCUT2D eigenvalue weighted by Gasteiger charge is 2.27. The molecule has 162 valence electrons. The molecule has 32 heavy (non-hydrogen) atoms. The molecule has 0 N–H and O–H groups in total. The molecule has 0 fully saturated rings. The maximum atomic E-state index is 6.44. The Labute approximate surface area is 187 Å². The summed E-state index contributed by atoms with van der Waals surface area (Å²) in [5, 5.41) is 8.88. The molecule has 1 unspecified atom stereocenters. The van der Waals surface area contributed by atoms with E-state index in [0.29, 0.717) is 0 Å². The number of benzene rings is 3. The summed E-state index contributed by atoms with van der Waals surface area (Å²) in [4.78, 5) is 2.31. The standard InChI is InChI=1S/C26H26N4O2/c1-4-29(5-2)19-12-15-21-24(30-23-9-7-6-8-22(23)27-28-30)17-25(32-26(21)16-19)18-10-13-20(31-3)14-11-18/h6-17,24H,4-5H2,1-3H3. The number of ether oxygens (including phenoxy) is 2. The Morgan fingerprint density at radius 1 is 1.00 bits per heavy atom. The van der Waals surface area contributed by atoms with E-state index in [-0.39, 0.29) is 6.04 Å². The molecule has 0 bridgehead atoms. The van der Waals surface area contributed by atoms with Crippen LogP contribution in [0.4, 0.5) is 5.69 Å². The van der Waals surface area contributed by atoms with Crippen LogP contribution in [0.25, 0.3) is 16.8 Å². The smallest absolute Gasteiger partial charge is 0.135 e. The number of anilines is 1. The van der Waals surface area contributed by atoms with E-state index in [9.17, 15) is 0 Å². The SMILES string of the molecule is CCN(CC)c1ccc2c(c1)OC(c1ccc(OC)cc1)=CC2n1nnc2ccccc21. The summed E-state index contributed by atoms with van der Waals surface area (Å²) in [5.74, 6) is 2.45. The van der Waals surface area contributed by atoms with Gasteiger partial charge in [0.15, 0.2) is 0 Å². The molecule has 0 radical (unpaired) electrons. The minimum atomic E-state index is -0.131. The van der Waals surface area contributed by atoms with Gasteiger partial charge in [-0.1, -0.05) is 23.4 Å². The number of nitrogens with zero attached hydrogens (tertiary/aromatic N) is 4. The first-order chi connectivity index (χ1) is 15.7. The molecule has 4 aromatic rings. The van der Waals surface area contributed by atoms with Crippen molar-refractivity contribution in [3.8, 4) is 11.5 Å². The van der Waals surface area contributed by atoms with Crippen LogP contribution < -0.4 is 14.4 Å². The fourth-order valence-corrected chi connectivity index (χ4v) is 4.23. The van der Waals surface area contributed by atoms with Crippen LogP contribution in [0.15, 0.2) is 72.8 Å². The largest absolute Gasteiger partial charge is 0.497 e. The summed E-state index contributed by atoms with van der Waals surface area (Å²) in [6.07, 6.45) is 2.11. The Balaban J connectivity index is 1.65. The third-order valence-corrected chi connectivity index (χ3v) is 5.99. The maximum absolute atomic E-state index is 6.44. The molecule has 5 rings (SSSR count). The van der Waals surface area contributed by atoms with E-state index in [1.165, 1.54) is 0 Å². The van der Waals surface area contributed by atoms with Crippen LogP contribution in [0.5, 0.6) is 11.5 Å². The van der Waals surface area contributed by atoms with Gasteiger partial charge in [-0.15, -0.1) is 5.10 Å². The zero-order chi connectivity index (χ0) is 22.1. The van der Waals surface area contributed by atoms with Crippen LogP contribution in [-0.4, -0.2) is 35.2 Å². The third-order valence-electron chi connectivity index (χ3n) is 5.99. The maximum Gasteiger partial charge on any atom is 0.135 e. The summed E-state index contributed by atoms with van der Waals surface area (Å²) < 4.78 is 13.7. The fraction of sp³-hybridized carbons (Fsp3) is 0.231. The summed E-state index contributed by atoms with van der Waals surface area (Å²) in [7, 11) is 1.67. The van der Waals surface area contributed by atoms with E-state index < -0.39 is 0 Å². The Morgan fingerprint density at radius 3 is 2.53 bits per heavy atom. The van der Waals surface area contributed by atoms with Crippen LogP contribution in [0.1, 0.15) is 31.0 Å². The van der Waals surface area contributed by atoms with Gasteiger partial charge in [0, 0.05) is 36.0 Å². The molecular formula is C26H26N4O2. The molecule has 6 heteroatoms. The average molecular weight is 427 g/mol. The minimum Gasteiger partial charge on any atom is -0.497 e. The Hall–Kier alpha value is -3.80. The summed E-state index contributed by atoms with van der Waals surface area (Å²) in [6, 6.07) is 22.3. The van der Waals surface area contributed by atoms with Crippen molar-refractivity contribution in [2.24, 2.45) is 0 Å². The normalized spacial score (nSPS) is 15.1.